The minimum Gasteiger partial charge on any atom is -0.507 e. The van der Waals surface area contributed by atoms with Gasteiger partial charge in [0.25, 0.3) is 0 Å². The topological polar surface area (TPSA) is 46.2 Å². The van der Waals surface area contributed by atoms with Crippen molar-refractivity contribution in [2.75, 3.05) is 0 Å². The predicted octanol–water partition coefficient (Wildman–Crippen LogP) is 1.84. The van der Waals surface area contributed by atoms with Crippen LogP contribution in [0.25, 0.3) is 0 Å². The maximum Gasteiger partial charge on any atom is 0.121 e. The van der Waals surface area contributed by atoms with Crippen molar-refractivity contribution in [3.63, 3.8) is 0 Å². The van der Waals surface area contributed by atoms with Gasteiger partial charge in [0.1, 0.15) is 5.75 Å². The summed E-state index contributed by atoms with van der Waals surface area (Å²) in [5, 5.41) is 9.78. The molecule has 0 fully saturated rings. The number of rotatable bonds is 3. The molecule has 0 aromatic heterocycles. The van der Waals surface area contributed by atoms with Crippen LogP contribution in [0.4, 0.5) is 0 Å². The van der Waals surface area contributed by atoms with E-state index in [4.69, 9.17) is 5.73 Å². The second kappa shape index (κ2) is 4.28. The Morgan fingerprint density at radius 2 is 2.00 bits per heavy atom. The molecule has 0 radical (unpaired) electrons. The van der Waals surface area contributed by atoms with Gasteiger partial charge < -0.3 is 10.8 Å². The summed E-state index contributed by atoms with van der Waals surface area (Å²) in [5.74, 6) is 0.419. The van der Waals surface area contributed by atoms with Gasteiger partial charge in [-0.3, -0.25) is 0 Å². The first-order chi connectivity index (χ1) is 6.15. The molecule has 1 atom stereocenters. The number of hydrogen-bond donors (Lipinski definition) is 2. The van der Waals surface area contributed by atoms with Gasteiger partial charge in [-0.05, 0) is 30.9 Å². The van der Waals surface area contributed by atoms with Crippen LogP contribution >= 0.6 is 0 Å². The Balaban J connectivity index is 2.94. The van der Waals surface area contributed by atoms with E-state index in [-0.39, 0.29) is 6.04 Å². The third-order valence-corrected chi connectivity index (χ3v) is 2.13. The van der Waals surface area contributed by atoms with E-state index < -0.39 is 0 Å². The van der Waals surface area contributed by atoms with Crippen molar-refractivity contribution in [3.05, 3.63) is 29.3 Å². The maximum atomic E-state index is 9.78. The molecular weight excluding hydrogens is 162 g/mol. The van der Waals surface area contributed by atoms with Crippen molar-refractivity contribution in [1.29, 1.82) is 0 Å². The molecule has 1 aromatic rings. The quantitative estimate of drug-likeness (QED) is 0.743. The molecule has 0 aliphatic rings. The van der Waals surface area contributed by atoms with Gasteiger partial charge in [0, 0.05) is 6.04 Å². The lowest BCUT2D eigenvalue weighted by Gasteiger charge is -2.10. The summed E-state index contributed by atoms with van der Waals surface area (Å²) < 4.78 is 0. The van der Waals surface area contributed by atoms with E-state index >= 15 is 0 Å². The predicted molar refractivity (Wildman–Crippen MR) is 54.8 cm³/mol. The van der Waals surface area contributed by atoms with Crippen molar-refractivity contribution < 1.29 is 5.11 Å². The minimum absolute atomic E-state index is 0.0954. The second-order valence-corrected chi connectivity index (χ2v) is 3.46. The number of aromatic hydroxyl groups is 1. The fourth-order valence-electron chi connectivity index (χ4n) is 1.44. The molecule has 2 heteroatoms. The van der Waals surface area contributed by atoms with Gasteiger partial charge in [-0.25, -0.2) is 0 Å². The summed E-state index contributed by atoms with van der Waals surface area (Å²) in [7, 11) is 0. The maximum absolute atomic E-state index is 9.78. The van der Waals surface area contributed by atoms with Crippen molar-refractivity contribution >= 4 is 0 Å². The van der Waals surface area contributed by atoms with Crippen LogP contribution in [0.2, 0.25) is 0 Å². The normalized spacial score (nSPS) is 12.8. The number of benzene rings is 1. The van der Waals surface area contributed by atoms with Gasteiger partial charge in [0.15, 0.2) is 0 Å². The zero-order chi connectivity index (χ0) is 9.84. The lowest BCUT2D eigenvalue weighted by molar-refractivity contribution is 0.459. The fourth-order valence-corrected chi connectivity index (χ4v) is 1.44. The molecule has 72 valence electrons. The van der Waals surface area contributed by atoms with Crippen LogP contribution in [0, 0.1) is 0 Å². The molecular formula is C11H17NO. The largest absolute Gasteiger partial charge is 0.507 e. The molecule has 13 heavy (non-hydrogen) atoms. The van der Waals surface area contributed by atoms with E-state index in [0.29, 0.717) is 5.75 Å². The van der Waals surface area contributed by atoms with Crippen molar-refractivity contribution in [3.8, 4) is 5.75 Å². The number of nitrogens with two attached hydrogens (primary N) is 1. The summed E-state index contributed by atoms with van der Waals surface area (Å²) in [4.78, 5) is 0. The number of hydrogen-bond acceptors (Lipinski definition) is 2. The summed E-state index contributed by atoms with van der Waals surface area (Å²) in [6, 6.07) is 5.94. The molecule has 1 rings (SSSR count). The average molecular weight is 179 g/mol. The van der Waals surface area contributed by atoms with Crippen LogP contribution in [0.3, 0.4) is 0 Å². The third kappa shape index (κ3) is 2.46. The highest BCUT2D eigenvalue weighted by Gasteiger charge is 2.06. The highest BCUT2D eigenvalue weighted by molar-refractivity contribution is 5.40. The number of phenols is 1. The van der Waals surface area contributed by atoms with Gasteiger partial charge in [-0.15, -0.1) is 0 Å². The fraction of sp³-hybridized carbons (Fsp3) is 0.455. The molecule has 0 bridgehead atoms. The Morgan fingerprint density at radius 3 is 2.54 bits per heavy atom. The Labute approximate surface area is 79.4 Å². The molecule has 0 aliphatic carbocycles. The van der Waals surface area contributed by atoms with Gasteiger partial charge in [-0.1, -0.05) is 25.1 Å². The summed E-state index contributed by atoms with van der Waals surface area (Å²) in [6.45, 7) is 3.97. The van der Waals surface area contributed by atoms with E-state index in [2.05, 4.69) is 0 Å². The monoisotopic (exact) mass is 179 g/mol. The van der Waals surface area contributed by atoms with Crippen LogP contribution in [-0.4, -0.2) is 11.1 Å². The van der Waals surface area contributed by atoms with Crippen molar-refractivity contribution in [2.45, 2.75) is 32.7 Å². The average Bonchev–Trinajstić information content (AvgIpc) is 2.08. The first-order valence-corrected chi connectivity index (χ1v) is 4.70. The summed E-state index contributed by atoms with van der Waals surface area (Å²) in [5.41, 5.74) is 7.63. The number of para-hydroxylation sites is 1. The van der Waals surface area contributed by atoms with Crippen molar-refractivity contribution in [1.82, 2.24) is 0 Å². The van der Waals surface area contributed by atoms with Crippen LogP contribution < -0.4 is 5.73 Å². The molecule has 0 saturated heterocycles. The molecule has 1 aromatic carbocycles. The molecule has 0 aliphatic heterocycles. The standard InChI is InChI=1S/C11H17NO/c1-3-9-5-4-6-10(11(9)13)7-8(2)12/h4-6,8,13H,3,7,12H2,1-2H3. The lowest BCUT2D eigenvalue weighted by atomic mass is 10.0. The Bertz CT molecular complexity index is 281. The first kappa shape index (κ1) is 10.1. The highest BCUT2D eigenvalue weighted by atomic mass is 16.3. The summed E-state index contributed by atoms with van der Waals surface area (Å²) >= 11 is 0. The SMILES string of the molecule is CCc1cccc(CC(C)N)c1O. The van der Waals surface area contributed by atoms with Crippen LogP contribution in [0.1, 0.15) is 25.0 Å². The summed E-state index contributed by atoms with van der Waals surface area (Å²) in [6.07, 6.45) is 1.60. The van der Waals surface area contributed by atoms with Crippen LogP contribution in [-0.2, 0) is 12.8 Å². The lowest BCUT2D eigenvalue weighted by Crippen LogP contribution is -2.17. The van der Waals surface area contributed by atoms with E-state index in [9.17, 15) is 5.11 Å². The molecule has 2 nitrogen and oxygen atoms in total. The van der Waals surface area contributed by atoms with Gasteiger partial charge in [0.05, 0.1) is 0 Å². The van der Waals surface area contributed by atoms with E-state index in [0.717, 1.165) is 24.0 Å². The van der Waals surface area contributed by atoms with Gasteiger partial charge in [-0.2, -0.15) is 0 Å². The number of aryl methyl sites for hydroxylation is 1. The van der Waals surface area contributed by atoms with Crippen LogP contribution in [0.15, 0.2) is 18.2 Å². The zero-order valence-electron chi connectivity index (χ0n) is 8.25. The van der Waals surface area contributed by atoms with Crippen LogP contribution in [0.5, 0.6) is 5.75 Å². The van der Waals surface area contributed by atoms with Gasteiger partial charge >= 0.3 is 0 Å². The van der Waals surface area contributed by atoms with E-state index in [1.165, 1.54) is 0 Å². The van der Waals surface area contributed by atoms with Crippen molar-refractivity contribution in [2.24, 2.45) is 5.73 Å². The zero-order valence-corrected chi connectivity index (χ0v) is 8.25. The minimum atomic E-state index is 0.0954. The molecule has 0 saturated carbocycles. The second-order valence-electron chi connectivity index (χ2n) is 3.46. The van der Waals surface area contributed by atoms with Gasteiger partial charge in [0.2, 0.25) is 0 Å². The molecule has 0 amide bonds. The van der Waals surface area contributed by atoms with E-state index in [1.807, 2.05) is 32.0 Å². The molecule has 0 spiro atoms. The van der Waals surface area contributed by atoms with E-state index in [1.54, 1.807) is 0 Å². The number of phenolic OH excluding ortho intramolecular Hbond substituents is 1. The smallest absolute Gasteiger partial charge is 0.121 e. The molecule has 3 N–H and O–H groups in total. The highest BCUT2D eigenvalue weighted by Crippen LogP contribution is 2.23. The Kier molecular flexibility index (Phi) is 3.32. The third-order valence-electron chi connectivity index (χ3n) is 2.13. The first-order valence-electron chi connectivity index (χ1n) is 4.70. The Hall–Kier alpha value is -1.02. The molecule has 1 unspecified atom stereocenters. The Morgan fingerprint density at radius 1 is 1.38 bits per heavy atom. The molecule has 0 heterocycles.